The third-order valence-electron chi connectivity index (χ3n) is 8.25. The number of hydrogen-bond donors (Lipinski definition) is 4. The topological polar surface area (TPSA) is 122 Å². The highest BCUT2D eigenvalue weighted by atomic mass is 16.5. The van der Waals surface area contributed by atoms with E-state index in [1.807, 2.05) is 24.3 Å². The highest BCUT2D eigenvalue weighted by Crippen LogP contribution is 2.29. The Hall–Kier alpha value is -2.34. The maximum Gasteiger partial charge on any atom is 0.322 e. The van der Waals surface area contributed by atoms with Gasteiger partial charge in [-0.2, -0.15) is 0 Å². The van der Waals surface area contributed by atoms with Gasteiger partial charge in [0.1, 0.15) is 11.8 Å². The van der Waals surface area contributed by atoms with Crippen LogP contribution < -0.4 is 10.1 Å². The third kappa shape index (κ3) is 7.25. The van der Waals surface area contributed by atoms with Gasteiger partial charge in [0.2, 0.25) is 0 Å². The lowest BCUT2D eigenvalue weighted by Gasteiger charge is -2.50. The second-order valence-electron chi connectivity index (χ2n) is 10.8. The normalized spacial score (nSPS) is 23.1. The Morgan fingerprint density at radius 1 is 1.18 bits per heavy atom. The summed E-state index contributed by atoms with van der Waals surface area (Å²) in [5.74, 6) is -0.0836. The van der Waals surface area contributed by atoms with Crippen LogP contribution in [0.15, 0.2) is 30.5 Å². The van der Waals surface area contributed by atoms with Crippen LogP contribution in [-0.4, -0.2) is 119 Å². The standard InChI is InChI=1S/C29H45N5O5/c1-3-4-5-6-7-28(34-13-12-30-17-26(34)29(37)38)33-15-14-32(18-21(33)20-35)19-27(36)23-10-11-31-25-9-8-22(39-2)16-24(23)25/h8-11,16,21,26-28,30,35-36H,3-7,12-15,17-20H2,1-2H3,(H,37,38)/t21-,26?,27-,28-/m0/s1. The summed E-state index contributed by atoms with van der Waals surface area (Å²) in [4.78, 5) is 23.2. The van der Waals surface area contributed by atoms with E-state index in [-0.39, 0.29) is 18.8 Å². The number of nitrogens with zero attached hydrogens (tertiary/aromatic N) is 4. The lowest BCUT2D eigenvalue weighted by molar-refractivity contribution is -0.150. The molecule has 10 heteroatoms. The lowest BCUT2D eigenvalue weighted by atomic mass is 10.0. The molecule has 2 aliphatic heterocycles. The molecule has 39 heavy (non-hydrogen) atoms. The van der Waals surface area contributed by atoms with Crippen molar-refractivity contribution in [2.75, 3.05) is 59.5 Å². The number of aliphatic hydroxyl groups excluding tert-OH is 2. The number of pyridine rings is 1. The van der Waals surface area contributed by atoms with Crippen LogP contribution in [-0.2, 0) is 4.79 Å². The number of aromatic nitrogens is 1. The third-order valence-corrected chi connectivity index (χ3v) is 8.25. The van der Waals surface area contributed by atoms with Gasteiger partial charge >= 0.3 is 5.97 Å². The van der Waals surface area contributed by atoms with E-state index in [1.165, 1.54) is 6.42 Å². The Balaban J connectivity index is 1.48. The number of nitrogens with one attached hydrogen (secondary N) is 1. The number of β-amino-alcohol motifs (C(OH)–C–C–N with tert-alkyl or cyclic N) is 1. The predicted molar refractivity (Wildman–Crippen MR) is 151 cm³/mol. The van der Waals surface area contributed by atoms with E-state index in [0.717, 1.165) is 61.0 Å². The van der Waals surface area contributed by atoms with Gasteiger partial charge in [-0.25, -0.2) is 0 Å². The van der Waals surface area contributed by atoms with Crippen LogP contribution in [0.5, 0.6) is 5.75 Å². The molecule has 0 aliphatic carbocycles. The van der Waals surface area contributed by atoms with E-state index in [0.29, 0.717) is 32.7 Å². The molecule has 4 atom stereocenters. The molecule has 0 spiro atoms. The molecule has 216 valence electrons. The summed E-state index contributed by atoms with van der Waals surface area (Å²) >= 11 is 0. The molecule has 0 amide bonds. The van der Waals surface area contributed by atoms with Crippen molar-refractivity contribution in [3.05, 3.63) is 36.0 Å². The minimum atomic E-state index is -0.802. The quantitative estimate of drug-likeness (QED) is 0.279. The van der Waals surface area contributed by atoms with Crippen molar-refractivity contribution >= 4 is 16.9 Å². The van der Waals surface area contributed by atoms with Crippen molar-refractivity contribution in [3.8, 4) is 5.75 Å². The van der Waals surface area contributed by atoms with Crippen LogP contribution in [0.25, 0.3) is 10.9 Å². The number of carbonyl (C=O) groups is 1. The summed E-state index contributed by atoms with van der Waals surface area (Å²) in [5, 5.41) is 35.8. The van der Waals surface area contributed by atoms with Crippen molar-refractivity contribution < 1.29 is 24.9 Å². The highest BCUT2D eigenvalue weighted by Gasteiger charge is 2.40. The Labute approximate surface area is 231 Å². The van der Waals surface area contributed by atoms with Crippen LogP contribution in [0.1, 0.15) is 50.7 Å². The molecule has 1 aromatic heterocycles. The van der Waals surface area contributed by atoms with Crippen LogP contribution >= 0.6 is 0 Å². The summed E-state index contributed by atoms with van der Waals surface area (Å²) in [5.41, 5.74) is 1.61. The van der Waals surface area contributed by atoms with Gasteiger partial charge in [0, 0.05) is 63.4 Å². The van der Waals surface area contributed by atoms with Gasteiger partial charge in [-0.15, -0.1) is 0 Å². The molecule has 3 heterocycles. The zero-order chi connectivity index (χ0) is 27.8. The van der Waals surface area contributed by atoms with Crippen molar-refractivity contribution in [3.63, 3.8) is 0 Å². The molecule has 2 fully saturated rings. The van der Waals surface area contributed by atoms with Gasteiger partial charge in [0.25, 0.3) is 0 Å². The van der Waals surface area contributed by atoms with Crippen LogP contribution in [0, 0.1) is 0 Å². The number of rotatable bonds is 13. The Kier molecular flexibility index (Phi) is 10.9. The van der Waals surface area contributed by atoms with E-state index in [1.54, 1.807) is 13.3 Å². The van der Waals surface area contributed by atoms with E-state index < -0.39 is 18.1 Å². The Morgan fingerprint density at radius 2 is 2.03 bits per heavy atom. The number of unbranched alkanes of at least 4 members (excludes halogenated alkanes) is 3. The zero-order valence-electron chi connectivity index (χ0n) is 23.3. The molecule has 4 rings (SSSR count). The van der Waals surface area contributed by atoms with Crippen molar-refractivity contribution in [2.45, 2.75) is 63.4 Å². The summed E-state index contributed by atoms with van der Waals surface area (Å²) < 4.78 is 5.39. The number of fused-ring (bicyclic) bond motifs is 1. The first-order valence-electron chi connectivity index (χ1n) is 14.4. The van der Waals surface area contributed by atoms with E-state index in [2.05, 4.69) is 31.9 Å². The van der Waals surface area contributed by atoms with E-state index >= 15 is 0 Å². The first-order valence-corrected chi connectivity index (χ1v) is 14.4. The van der Waals surface area contributed by atoms with Gasteiger partial charge in [-0.3, -0.25) is 24.5 Å². The average molecular weight is 544 g/mol. The summed E-state index contributed by atoms with van der Waals surface area (Å²) in [6, 6.07) is 6.81. The molecule has 1 unspecified atom stereocenters. The number of carboxylic acids is 1. The predicted octanol–water partition coefficient (Wildman–Crippen LogP) is 1.91. The van der Waals surface area contributed by atoms with Crippen molar-refractivity contribution in [1.82, 2.24) is 25.0 Å². The smallest absolute Gasteiger partial charge is 0.322 e. The fourth-order valence-corrected chi connectivity index (χ4v) is 6.14. The number of aliphatic hydroxyl groups is 2. The maximum atomic E-state index is 12.1. The van der Waals surface area contributed by atoms with Gasteiger partial charge in [0.05, 0.1) is 31.5 Å². The molecular formula is C29H45N5O5. The first-order chi connectivity index (χ1) is 19.0. The van der Waals surface area contributed by atoms with Crippen LogP contribution in [0.4, 0.5) is 0 Å². The summed E-state index contributed by atoms with van der Waals surface area (Å²) in [6.45, 7) is 6.52. The largest absolute Gasteiger partial charge is 0.497 e. The van der Waals surface area contributed by atoms with E-state index in [9.17, 15) is 20.1 Å². The number of aliphatic carboxylic acids is 1. The molecule has 10 nitrogen and oxygen atoms in total. The van der Waals surface area contributed by atoms with Crippen molar-refractivity contribution in [1.29, 1.82) is 0 Å². The molecule has 0 saturated carbocycles. The van der Waals surface area contributed by atoms with Crippen LogP contribution in [0.2, 0.25) is 0 Å². The monoisotopic (exact) mass is 543 g/mol. The minimum absolute atomic E-state index is 0.0166. The first kappa shape index (κ1) is 29.6. The number of ether oxygens (including phenoxy) is 1. The van der Waals surface area contributed by atoms with Gasteiger partial charge in [-0.05, 0) is 36.2 Å². The molecular weight excluding hydrogens is 498 g/mol. The molecule has 0 radical (unpaired) electrons. The van der Waals surface area contributed by atoms with Gasteiger partial charge < -0.3 is 25.4 Å². The summed E-state index contributed by atoms with van der Waals surface area (Å²) in [7, 11) is 1.62. The highest BCUT2D eigenvalue weighted by molar-refractivity contribution is 5.83. The number of benzene rings is 1. The fourth-order valence-electron chi connectivity index (χ4n) is 6.14. The van der Waals surface area contributed by atoms with Gasteiger partial charge in [-0.1, -0.05) is 32.6 Å². The molecule has 0 bridgehead atoms. The van der Waals surface area contributed by atoms with E-state index in [4.69, 9.17) is 4.74 Å². The Bertz CT molecular complexity index is 1070. The second-order valence-corrected chi connectivity index (χ2v) is 10.8. The molecule has 1 aromatic carbocycles. The van der Waals surface area contributed by atoms with Crippen LogP contribution in [0.3, 0.4) is 0 Å². The van der Waals surface area contributed by atoms with Crippen molar-refractivity contribution in [2.24, 2.45) is 0 Å². The molecule has 2 aromatic rings. The number of piperazine rings is 2. The second kappa shape index (κ2) is 14.3. The molecule has 2 aliphatic rings. The fraction of sp³-hybridized carbons (Fsp3) is 0.655. The Morgan fingerprint density at radius 3 is 2.77 bits per heavy atom. The van der Waals surface area contributed by atoms with Gasteiger partial charge in [0.15, 0.2) is 0 Å². The molecule has 4 N–H and O–H groups in total. The number of carboxylic acid groups (broad SMARTS) is 1. The maximum absolute atomic E-state index is 12.1. The zero-order valence-corrected chi connectivity index (χ0v) is 23.3. The SMILES string of the molecule is CCCCCC[C@H](N1CCNCC1C(=O)O)N1CCN(C[C@H](O)c2ccnc3ccc(OC)cc23)C[C@H]1CO. The number of methoxy groups -OCH3 is 1. The lowest BCUT2D eigenvalue weighted by Crippen LogP contribution is -2.67. The number of hydrogen-bond acceptors (Lipinski definition) is 9. The summed E-state index contributed by atoms with van der Waals surface area (Å²) in [6.07, 6.45) is 6.32. The minimum Gasteiger partial charge on any atom is -0.497 e. The molecule has 2 saturated heterocycles. The average Bonchev–Trinajstić information content (AvgIpc) is 2.96.